The summed E-state index contributed by atoms with van der Waals surface area (Å²) in [7, 11) is -4.26. The molecule has 0 heterocycles. The van der Waals surface area contributed by atoms with Crippen LogP contribution in [0.25, 0.3) is 0 Å². The third-order valence-electron chi connectivity index (χ3n) is 5.64. The summed E-state index contributed by atoms with van der Waals surface area (Å²) in [6, 6.07) is 0. The van der Waals surface area contributed by atoms with Crippen molar-refractivity contribution in [1.82, 2.24) is 0 Å². The van der Waals surface area contributed by atoms with E-state index in [0.29, 0.717) is 19.6 Å². The van der Waals surface area contributed by atoms with E-state index < -0.39 is 22.0 Å². The van der Waals surface area contributed by atoms with E-state index >= 15 is 0 Å². The van der Waals surface area contributed by atoms with Crippen LogP contribution in [0.2, 0.25) is 0 Å². The molecule has 0 saturated heterocycles. The van der Waals surface area contributed by atoms with Crippen LogP contribution in [0, 0.1) is 0 Å². The third-order valence-corrected chi connectivity index (χ3v) is 6.44. The van der Waals surface area contributed by atoms with E-state index in [1.807, 2.05) is 0 Å². The number of hydrogen-bond acceptors (Lipinski definition) is 5. The minimum Gasteiger partial charge on any atom is -0.391 e. The smallest absolute Gasteiger partial charge is 0.267 e. The van der Waals surface area contributed by atoms with Gasteiger partial charge in [-0.05, 0) is 12.8 Å². The van der Waals surface area contributed by atoms with Gasteiger partial charge in [-0.2, -0.15) is 8.42 Å². The molecule has 4 N–H and O–H groups in total. The molecule has 8 heteroatoms. The maximum Gasteiger partial charge on any atom is 0.267 e. The van der Waals surface area contributed by atoms with Crippen LogP contribution < -0.4 is 0 Å². The van der Waals surface area contributed by atoms with Crippen LogP contribution >= 0.6 is 0 Å². The Kier molecular flexibility index (Phi) is 17.3. The molecule has 176 valence electrons. The number of hydrogen-bond donors (Lipinski definition) is 4. The Morgan fingerprint density at radius 3 is 1.52 bits per heavy atom. The molecule has 1 unspecified atom stereocenters. The molecule has 1 atom stereocenters. The maximum absolute atomic E-state index is 11.0. The summed E-state index contributed by atoms with van der Waals surface area (Å²) >= 11 is 0. The van der Waals surface area contributed by atoms with Gasteiger partial charge in [-0.3, -0.25) is 4.55 Å². The van der Waals surface area contributed by atoms with Crippen molar-refractivity contribution in [3.63, 3.8) is 0 Å². The van der Waals surface area contributed by atoms with Crippen LogP contribution in [-0.4, -0.2) is 84.0 Å². The molecule has 0 bridgehead atoms. The molecule has 0 spiro atoms. The number of unbranched alkanes of at least 4 members (excludes halogenated alkanes) is 11. The highest BCUT2D eigenvalue weighted by molar-refractivity contribution is 7.85. The highest BCUT2D eigenvalue weighted by Gasteiger charge is 2.31. The Hall–Kier alpha value is -0.250. The van der Waals surface area contributed by atoms with Crippen molar-refractivity contribution in [3.05, 3.63) is 0 Å². The fourth-order valence-electron chi connectivity index (χ4n) is 4.06. The van der Waals surface area contributed by atoms with Gasteiger partial charge in [-0.1, -0.05) is 71.1 Å². The zero-order chi connectivity index (χ0) is 22.0. The van der Waals surface area contributed by atoms with E-state index in [9.17, 15) is 23.7 Å². The second-order valence-corrected chi connectivity index (χ2v) is 9.93. The number of aliphatic hydroxyl groups is 3. The summed E-state index contributed by atoms with van der Waals surface area (Å²) in [5.74, 6) is -0.720. The van der Waals surface area contributed by atoms with Gasteiger partial charge >= 0.3 is 0 Å². The van der Waals surface area contributed by atoms with Gasteiger partial charge in [-0.15, -0.1) is 0 Å². The van der Waals surface area contributed by atoms with Crippen molar-refractivity contribution in [2.45, 2.75) is 90.1 Å². The number of aliphatic hydroxyl groups excluding tert-OH is 3. The second kappa shape index (κ2) is 17.4. The Morgan fingerprint density at radius 2 is 1.14 bits per heavy atom. The molecule has 0 aromatic heterocycles. The van der Waals surface area contributed by atoms with Gasteiger partial charge in [0.05, 0.1) is 19.8 Å². The molecule has 0 aromatic carbocycles. The minimum atomic E-state index is -4.26. The normalized spacial score (nSPS) is 13.7. The molecule has 0 radical (unpaired) electrons. The van der Waals surface area contributed by atoms with Crippen molar-refractivity contribution >= 4 is 10.1 Å². The molecule has 0 fully saturated rings. The second-order valence-electron chi connectivity index (χ2n) is 8.43. The fraction of sp³-hybridized carbons (Fsp3) is 1.00. The SMILES string of the molecule is CCCCCCCCCCCCCC[N+](CCO)(CCO)CC(O)CS(=O)(=O)O. The summed E-state index contributed by atoms with van der Waals surface area (Å²) in [6.07, 6.45) is 13.6. The van der Waals surface area contributed by atoms with Crippen LogP contribution in [0.1, 0.15) is 84.0 Å². The van der Waals surface area contributed by atoms with Crippen molar-refractivity contribution in [3.8, 4) is 0 Å². The van der Waals surface area contributed by atoms with Gasteiger partial charge < -0.3 is 19.8 Å². The molecule has 0 aliphatic carbocycles. The average molecular weight is 441 g/mol. The zero-order valence-corrected chi connectivity index (χ0v) is 19.3. The summed E-state index contributed by atoms with van der Waals surface area (Å²) in [4.78, 5) is 0. The fourth-order valence-corrected chi connectivity index (χ4v) is 4.66. The van der Waals surface area contributed by atoms with Gasteiger partial charge in [0.1, 0.15) is 31.5 Å². The molecular formula is C21H46NO6S+. The molecule has 0 aliphatic rings. The average Bonchev–Trinajstić information content (AvgIpc) is 2.61. The highest BCUT2D eigenvalue weighted by atomic mass is 32.2. The number of quaternary nitrogens is 1. The topological polar surface area (TPSA) is 115 Å². The Labute approximate surface area is 178 Å². The summed E-state index contributed by atoms with van der Waals surface area (Å²) in [6.45, 7) is 3.49. The minimum absolute atomic E-state index is 0.0962. The highest BCUT2D eigenvalue weighted by Crippen LogP contribution is 2.15. The van der Waals surface area contributed by atoms with E-state index in [4.69, 9.17) is 4.55 Å². The molecule has 0 saturated carbocycles. The van der Waals surface area contributed by atoms with Crippen molar-refractivity contribution in [1.29, 1.82) is 0 Å². The number of rotatable bonds is 21. The van der Waals surface area contributed by atoms with E-state index in [2.05, 4.69) is 6.92 Å². The summed E-state index contributed by atoms with van der Waals surface area (Å²) in [5, 5.41) is 28.9. The van der Waals surface area contributed by atoms with Gasteiger partial charge in [0.25, 0.3) is 10.1 Å². The van der Waals surface area contributed by atoms with E-state index in [1.165, 1.54) is 57.8 Å². The lowest BCUT2D eigenvalue weighted by atomic mass is 10.0. The molecular weight excluding hydrogens is 394 g/mol. The predicted molar refractivity (Wildman–Crippen MR) is 117 cm³/mol. The van der Waals surface area contributed by atoms with Crippen LogP contribution in [-0.2, 0) is 10.1 Å². The Bertz CT molecular complexity index is 466. The van der Waals surface area contributed by atoms with Crippen LogP contribution in [0.15, 0.2) is 0 Å². The summed E-state index contributed by atoms with van der Waals surface area (Å²) in [5.41, 5.74) is 0. The van der Waals surface area contributed by atoms with Crippen molar-refractivity contribution < 1.29 is 32.8 Å². The molecule has 7 nitrogen and oxygen atoms in total. The first-order chi connectivity index (χ1) is 13.8. The van der Waals surface area contributed by atoms with Gasteiger partial charge in [0.2, 0.25) is 0 Å². The third kappa shape index (κ3) is 17.2. The van der Waals surface area contributed by atoms with E-state index in [0.717, 1.165) is 19.3 Å². The van der Waals surface area contributed by atoms with E-state index in [1.54, 1.807) is 0 Å². The largest absolute Gasteiger partial charge is 0.391 e. The van der Waals surface area contributed by atoms with Gasteiger partial charge in [-0.25, -0.2) is 0 Å². The molecule has 29 heavy (non-hydrogen) atoms. The summed E-state index contributed by atoms with van der Waals surface area (Å²) < 4.78 is 31.2. The molecule has 0 rings (SSSR count). The number of nitrogens with zero attached hydrogens (tertiary/aromatic N) is 1. The van der Waals surface area contributed by atoms with E-state index in [-0.39, 0.29) is 24.2 Å². The quantitative estimate of drug-likeness (QED) is 0.124. The van der Waals surface area contributed by atoms with Gasteiger partial charge in [0.15, 0.2) is 0 Å². The monoisotopic (exact) mass is 440 g/mol. The van der Waals surface area contributed by atoms with Gasteiger partial charge in [0, 0.05) is 0 Å². The lowest BCUT2D eigenvalue weighted by molar-refractivity contribution is -0.931. The Morgan fingerprint density at radius 1 is 0.724 bits per heavy atom. The lowest BCUT2D eigenvalue weighted by Crippen LogP contribution is -2.56. The molecule has 0 aromatic rings. The Balaban J connectivity index is 4.14. The maximum atomic E-state index is 11.0. The lowest BCUT2D eigenvalue weighted by Gasteiger charge is -2.39. The van der Waals surface area contributed by atoms with Crippen molar-refractivity contribution in [2.75, 3.05) is 45.1 Å². The zero-order valence-electron chi connectivity index (χ0n) is 18.5. The molecule has 0 aliphatic heterocycles. The van der Waals surface area contributed by atoms with Crippen LogP contribution in [0.3, 0.4) is 0 Å². The standard InChI is InChI=1S/C21H45NO6S/c1-2-3-4-5-6-7-8-9-10-11-12-13-14-22(15-17-23,16-18-24)19-21(25)20-29(26,27)28/h21,23-25H,2-20H2,1H3/p+1. The van der Waals surface area contributed by atoms with Crippen LogP contribution in [0.5, 0.6) is 0 Å². The van der Waals surface area contributed by atoms with Crippen LogP contribution in [0.4, 0.5) is 0 Å². The first-order valence-corrected chi connectivity index (χ1v) is 13.1. The molecule has 0 amide bonds. The predicted octanol–water partition coefficient (Wildman–Crippen LogP) is 2.74. The first-order valence-electron chi connectivity index (χ1n) is 11.5. The first kappa shape index (κ1) is 28.8. The van der Waals surface area contributed by atoms with Crippen molar-refractivity contribution in [2.24, 2.45) is 0 Å².